The third kappa shape index (κ3) is 3.33. The molecule has 9 heteroatoms. The van der Waals surface area contributed by atoms with Crippen LogP contribution in [0.4, 0.5) is 11.5 Å². The minimum Gasteiger partial charge on any atom is -0.361 e. The van der Waals surface area contributed by atoms with Gasteiger partial charge in [0.25, 0.3) is 0 Å². The largest absolute Gasteiger partial charge is 0.361 e. The molecule has 0 radical (unpaired) electrons. The Kier molecular flexibility index (Phi) is 4.07. The number of nitrogens with one attached hydrogen (secondary N) is 1. The van der Waals surface area contributed by atoms with Crippen LogP contribution in [0.15, 0.2) is 0 Å². The van der Waals surface area contributed by atoms with Gasteiger partial charge >= 0.3 is 5.69 Å². The SMILES string of the molecule is Cc1nc(Cl)nc(NCC2COC(C)(C)O2)c1[N+](=O)[O-]. The number of ether oxygens (including phenoxy) is 2. The van der Waals surface area contributed by atoms with Crippen molar-refractivity contribution in [2.75, 3.05) is 18.5 Å². The quantitative estimate of drug-likeness (QED) is 0.515. The molecule has 0 bridgehead atoms. The molecule has 2 heterocycles. The summed E-state index contributed by atoms with van der Waals surface area (Å²) in [7, 11) is 0. The van der Waals surface area contributed by atoms with Gasteiger partial charge in [0.2, 0.25) is 11.1 Å². The molecule has 2 rings (SSSR count). The predicted molar refractivity (Wildman–Crippen MR) is 71.8 cm³/mol. The number of nitro groups is 1. The highest BCUT2D eigenvalue weighted by atomic mass is 35.5. The highest BCUT2D eigenvalue weighted by Gasteiger charge is 2.33. The number of rotatable bonds is 4. The second-order valence-electron chi connectivity index (χ2n) is 4.86. The van der Waals surface area contributed by atoms with Crippen LogP contribution in [0.1, 0.15) is 19.5 Å². The summed E-state index contributed by atoms with van der Waals surface area (Å²) < 4.78 is 11.0. The summed E-state index contributed by atoms with van der Waals surface area (Å²) in [5, 5.41) is 13.9. The van der Waals surface area contributed by atoms with Crippen LogP contribution in [-0.2, 0) is 9.47 Å². The smallest absolute Gasteiger partial charge is 0.332 e. The molecule has 1 atom stereocenters. The summed E-state index contributed by atoms with van der Waals surface area (Å²) in [5.74, 6) is -0.557. The van der Waals surface area contributed by atoms with Gasteiger partial charge in [-0.2, -0.15) is 4.98 Å². The highest BCUT2D eigenvalue weighted by Crippen LogP contribution is 2.27. The van der Waals surface area contributed by atoms with Crippen molar-refractivity contribution in [1.82, 2.24) is 9.97 Å². The molecule has 0 spiro atoms. The van der Waals surface area contributed by atoms with Crippen molar-refractivity contribution in [3.05, 3.63) is 21.1 Å². The molecule has 1 aliphatic rings. The van der Waals surface area contributed by atoms with E-state index in [9.17, 15) is 10.1 Å². The van der Waals surface area contributed by atoms with E-state index < -0.39 is 10.7 Å². The van der Waals surface area contributed by atoms with E-state index in [1.165, 1.54) is 6.92 Å². The van der Waals surface area contributed by atoms with Gasteiger partial charge in [0.05, 0.1) is 11.5 Å². The fourth-order valence-electron chi connectivity index (χ4n) is 1.95. The Morgan fingerprint density at radius 3 is 2.80 bits per heavy atom. The van der Waals surface area contributed by atoms with Crippen molar-refractivity contribution in [3.8, 4) is 0 Å². The third-order valence-electron chi connectivity index (χ3n) is 2.78. The predicted octanol–water partition coefficient (Wildman–Crippen LogP) is 1.91. The lowest BCUT2D eigenvalue weighted by atomic mass is 10.3. The van der Waals surface area contributed by atoms with Crippen molar-refractivity contribution in [2.45, 2.75) is 32.7 Å². The van der Waals surface area contributed by atoms with Crippen molar-refractivity contribution in [1.29, 1.82) is 0 Å². The first-order valence-corrected chi connectivity index (χ1v) is 6.40. The molecule has 0 amide bonds. The number of halogens is 1. The van der Waals surface area contributed by atoms with Gasteiger partial charge in [-0.25, -0.2) is 4.98 Å². The van der Waals surface area contributed by atoms with Gasteiger partial charge in [-0.15, -0.1) is 0 Å². The fourth-order valence-corrected chi connectivity index (χ4v) is 2.16. The molecule has 0 saturated carbocycles. The molecule has 0 aliphatic carbocycles. The second kappa shape index (κ2) is 5.47. The van der Waals surface area contributed by atoms with E-state index in [2.05, 4.69) is 15.3 Å². The second-order valence-corrected chi connectivity index (χ2v) is 5.20. The molecule has 1 N–H and O–H groups in total. The van der Waals surface area contributed by atoms with Crippen LogP contribution >= 0.6 is 11.6 Å². The lowest BCUT2D eigenvalue weighted by molar-refractivity contribution is -0.385. The van der Waals surface area contributed by atoms with Gasteiger partial charge in [0.15, 0.2) is 5.79 Å². The van der Waals surface area contributed by atoms with Crippen LogP contribution in [-0.4, -0.2) is 39.9 Å². The maximum atomic E-state index is 11.0. The Morgan fingerprint density at radius 1 is 1.55 bits per heavy atom. The van der Waals surface area contributed by atoms with Crippen LogP contribution < -0.4 is 5.32 Å². The Balaban J connectivity index is 2.11. The maximum Gasteiger partial charge on any atom is 0.332 e. The number of hydrogen-bond acceptors (Lipinski definition) is 7. The zero-order valence-corrected chi connectivity index (χ0v) is 12.1. The molecule has 1 unspecified atom stereocenters. The van der Waals surface area contributed by atoms with Crippen molar-refractivity contribution >= 4 is 23.1 Å². The first-order valence-electron chi connectivity index (χ1n) is 6.02. The zero-order valence-electron chi connectivity index (χ0n) is 11.3. The molecule has 1 fully saturated rings. The lowest BCUT2D eigenvalue weighted by Crippen LogP contribution is -2.26. The summed E-state index contributed by atoms with van der Waals surface area (Å²) in [4.78, 5) is 18.1. The minimum atomic E-state index is -0.641. The molecule has 1 aromatic rings. The van der Waals surface area contributed by atoms with Gasteiger partial charge in [-0.3, -0.25) is 10.1 Å². The van der Waals surface area contributed by atoms with E-state index in [4.69, 9.17) is 21.1 Å². The standard InChI is InChI=1S/C11H15ClN4O4/c1-6-8(16(17)18)9(15-10(12)14-6)13-4-7-5-19-11(2,3)20-7/h7H,4-5H2,1-3H3,(H,13,14,15). The normalized spacial score (nSPS) is 20.9. The molecule has 8 nitrogen and oxygen atoms in total. The van der Waals surface area contributed by atoms with Gasteiger partial charge in [0.1, 0.15) is 11.8 Å². The number of anilines is 1. The Bertz CT molecular complexity index is 537. The first kappa shape index (κ1) is 14.9. The van der Waals surface area contributed by atoms with Crippen molar-refractivity contribution in [2.24, 2.45) is 0 Å². The van der Waals surface area contributed by atoms with E-state index in [1.54, 1.807) is 13.8 Å². The molecular formula is C11H15ClN4O4. The Labute approximate surface area is 120 Å². The maximum absolute atomic E-state index is 11.0. The van der Waals surface area contributed by atoms with Crippen molar-refractivity contribution < 1.29 is 14.4 Å². The van der Waals surface area contributed by atoms with Gasteiger partial charge in [-0.05, 0) is 32.4 Å². The van der Waals surface area contributed by atoms with Crippen LogP contribution in [0.2, 0.25) is 5.28 Å². The summed E-state index contributed by atoms with van der Waals surface area (Å²) in [6, 6.07) is 0. The van der Waals surface area contributed by atoms with Crippen LogP contribution in [0.5, 0.6) is 0 Å². The lowest BCUT2D eigenvalue weighted by Gasteiger charge is -2.17. The van der Waals surface area contributed by atoms with Crippen LogP contribution in [0.25, 0.3) is 0 Å². The van der Waals surface area contributed by atoms with Gasteiger partial charge in [-0.1, -0.05) is 0 Å². The van der Waals surface area contributed by atoms with Crippen molar-refractivity contribution in [3.63, 3.8) is 0 Å². The monoisotopic (exact) mass is 302 g/mol. The van der Waals surface area contributed by atoms with E-state index in [1.807, 2.05) is 0 Å². The van der Waals surface area contributed by atoms with Crippen LogP contribution in [0, 0.1) is 17.0 Å². The molecular weight excluding hydrogens is 288 g/mol. The van der Waals surface area contributed by atoms with E-state index in [0.717, 1.165) is 0 Å². The summed E-state index contributed by atoms with van der Waals surface area (Å²) in [6.45, 7) is 5.86. The Hall–Kier alpha value is -1.51. The number of hydrogen-bond donors (Lipinski definition) is 1. The average Bonchev–Trinajstić information content (AvgIpc) is 2.64. The molecule has 20 heavy (non-hydrogen) atoms. The summed E-state index contributed by atoms with van der Waals surface area (Å²) >= 11 is 5.73. The number of nitrogens with zero attached hydrogens (tertiary/aromatic N) is 3. The van der Waals surface area contributed by atoms with E-state index in [-0.39, 0.29) is 28.6 Å². The van der Waals surface area contributed by atoms with E-state index >= 15 is 0 Å². The molecule has 110 valence electrons. The third-order valence-corrected chi connectivity index (χ3v) is 2.95. The van der Waals surface area contributed by atoms with Crippen LogP contribution in [0.3, 0.4) is 0 Å². The highest BCUT2D eigenvalue weighted by molar-refractivity contribution is 6.28. The fraction of sp³-hybridized carbons (Fsp3) is 0.636. The molecule has 0 aromatic carbocycles. The zero-order chi connectivity index (χ0) is 14.9. The molecule has 1 aliphatic heterocycles. The van der Waals surface area contributed by atoms with Gasteiger partial charge < -0.3 is 14.8 Å². The Morgan fingerprint density at radius 2 is 2.25 bits per heavy atom. The summed E-state index contributed by atoms with van der Waals surface area (Å²) in [6.07, 6.45) is -0.210. The summed E-state index contributed by atoms with van der Waals surface area (Å²) in [5.41, 5.74) is 0.0222. The topological polar surface area (TPSA) is 99.4 Å². The van der Waals surface area contributed by atoms with E-state index in [0.29, 0.717) is 13.2 Å². The minimum absolute atomic E-state index is 0.0421. The van der Waals surface area contributed by atoms with Gasteiger partial charge in [0, 0.05) is 6.54 Å². The average molecular weight is 303 g/mol. The number of aryl methyl sites for hydroxylation is 1. The number of aromatic nitrogens is 2. The first-order chi connectivity index (χ1) is 9.28. The molecule has 1 saturated heterocycles. The molecule has 1 aromatic heterocycles.